The van der Waals surface area contributed by atoms with Gasteiger partial charge in [0.05, 0.1) is 39.3 Å². The first-order valence-electron chi connectivity index (χ1n) is 42.0. The molecule has 0 aliphatic heterocycles. The molecule has 0 aliphatic carbocycles. The molecule has 0 bridgehead atoms. The minimum absolute atomic E-state index is 0.727. The van der Waals surface area contributed by atoms with E-state index in [1.165, 1.54) is 32.8 Å². The minimum Gasteiger partial charge on any atom is -0.456 e. The molecule has 0 N–H and O–H groups in total. The van der Waals surface area contributed by atoms with Crippen LogP contribution in [0, 0.1) is 0 Å². The largest absolute Gasteiger partial charge is 0.456 e. The first-order chi connectivity index (χ1) is 61.9. The van der Waals surface area contributed by atoms with E-state index in [1.807, 2.05) is 121 Å². The van der Waals surface area contributed by atoms with Gasteiger partial charge in [-0.1, -0.05) is 346 Å². The third kappa shape index (κ3) is 13.6. The molecule has 0 saturated heterocycles. The molecule has 25 aromatic rings. The van der Waals surface area contributed by atoms with Gasteiger partial charge in [0.2, 0.25) is 0 Å². The number of para-hydroxylation sites is 3. The SMILES string of the molecule is c1ccc(-c2nc(-c3ccccc3)c3cc(-c4ccc(-c5cccc6oc7ccccc7c56)cc4)ccc3n2)cc1.c1ccc(-c2nc(-c3ccccc3)c3ccc(-c4ccc(-c5cccc6oc7ccccc7c56)cc4)cc3n2)cc1.c1ccc2cc(-c3nc(-c4ccc(-c5cccc6oc7ccccc7c56)c5ccccc45)cc4ncccc34)ccc2c1. The van der Waals surface area contributed by atoms with Gasteiger partial charge in [0.25, 0.3) is 0 Å². The molecular formula is C116H72N6O3. The van der Waals surface area contributed by atoms with Gasteiger partial charge in [-0.05, 0) is 162 Å². The van der Waals surface area contributed by atoms with Crippen LogP contribution in [-0.4, -0.2) is 29.9 Å². The number of aromatic nitrogens is 6. The molecule has 18 aromatic carbocycles. The van der Waals surface area contributed by atoms with Crippen LogP contribution < -0.4 is 0 Å². The maximum absolute atomic E-state index is 6.23. The number of hydrogen-bond acceptors (Lipinski definition) is 9. The first kappa shape index (κ1) is 73.3. The van der Waals surface area contributed by atoms with Gasteiger partial charge in [-0.2, -0.15) is 0 Å². The van der Waals surface area contributed by atoms with E-state index in [9.17, 15) is 0 Å². The van der Waals surface area contributed by atoms with E-state index >= 15 is 0 Å². The van der Waals surface area contributed by atoms with Crippen molar-refractivity contribution < 1.29 is 13.3 Å². The van der Waals surface area contributed by atoms with Crippen LogP contribution in [0.5, 0.6) is 0 Å². The van der Waals surface area contributed by atoms with E-state index in [1.54, 1.807) is 0 Å². The molecule has 125 heavy (non-hydrogen) atoms. The summed E-state index contributed by atoms with van der Waals surface area (Å²) in [7, 11) is 0. The maximum Gasteiger partial charge on any atom is 0.160 e. The standard InChI is InChI=1S/C40H24N2O.2C38H24N2O/c1-2-10-26-23-27(19-18-25(26)9-1)40-33-15-8-22-41-35(33)24-36(42-40)31-21-20-30(28-11-3-4-12-29(28)31)32-14-7-17-38-39(32)34-13-5-6-16-37(34)43-38;1-3-10-27(11-4-1)37-31-23-22-29(24-33(31)39-38(40-37)28-12-5-2-6-13-28)25-18-20-26(21-19-25)30-15-9-17-35-36(30)32-14-7-8-16-34(32)41-35;1-3-10-27(11-4-1)37-32-24-29(22-23-33(32)39-38(40-37)28-12-5-2-6-13-28)25-18-20-26(21-19-25)30-15-9-17-35-36(30)31-14-7-8-16-34(31)41-35/h1-24H;2*1-24H. The van der Waals surface area contributed by atoms with Crippen LogP contribution in [0.25, 0.3) is 244 Å². The zero-order chi connectivity index (χ0) is 82.7. The summed E-state index contributed by atoms with van der Waals surface area (Å²) in [5, 5.41) is 14.7. The monoisotopic (exact) mass is 1600 g/mol. The molecule has 0 saturated carbocycles. The van der Waals surface area contributed by atoms with E-state index in [0.29, 0.717) is 0 Å². The predicted molar refractivity (Wildman–Crippen MR) is 515 cm³/mol. The molecule has 0 aliphatic rings. The van der Waals surface area contributed by atoms with Crippen LogP contribution >= 0.6 is 0 Å². The van der Waals surface area contributed by atoms with Gasteiger partial charge >= 0.3 is 0 Å². The fourth-order valence-corrected chi connectivity index (χ4v) is 17.9. The van der Waals surface area contributed by atoms with Crippen LogP contribution in [0.3, 0.4) is 0 Å². The van der Waals surface area contributed by atoms with E-state index in [4.69, 9.17) is 43.2 Å². The van der Waals surface area contributed by atoms with Crippen molar-refractivity contribution in [3.05, 3.63) is 437 Å². The summed E-state index contributed by atoms with van der Waals surface area (Å²) in [6.07, 6.45) is 1.85. The Kier molecular flexibility index (Phi) is 18.4. The van der Waals surface area contributed by atoms with Crippen LogP contribution in [0.1, 0.15) is 0 Å². The van der Waals surface area contributed by atoms with Crippen LogP contribution in [0.4, 0.5) is 0 Å². The topological polar surface area (TPSA) is 117 Å². The zero-order valence-electron chi connectivity index (χ0n) is 67.5. The van der Waals surface area contributed by atoms with E-state index in [0.717, 1.165) is 211 Å². The Morgan fingerprint density at radius 3 is 1.12 bits per heavy atom. The molecule has 584 valence electrons. The fourth-order valence-electron chi connectivity index (χ4n) is 17.9. The molecule has 0 spiro atoms. The van der Waals surface area contributed by atoms with Crippen LogP contribution in [-0.2, 0) is 0 Å². The van der Waals surface area contributed by atoms with Crippen molar-refractivity contribution in [2.24, 2.45) is 0 Å². The van der Waals surface area contributed by atoms with Gasteiger partial charge in [0.1, 0.15) is 33.5 Å². The van der Waals surface area contributed by atoms with Crippen molar-refractivity contribution in [1.82, 2.24) is 29.9 Å². The highest BCUT2D eigenvalue weighted by Crippen LogP contribution is 2.46. The summed E-state index contributed by atoms with van der Waals surface area (Å²) in [6, 6.07) is 149. The number of benzene rings is 18. The number of nitrogens with zero attached hydrogens (tertiary/aromatic N) is 6. The van der Waals surface area contributed by atoms with Gasteiger partial charge in [-0.25, -0.2) is 24.9 Å². The lowest BCUT2D eigenvalue weighted by Crippen LogP contribution is -1.95. The molecule has 9 nitrogen and oxygen atoms in total. The molecule has 9 heteroatoms. The Bertz CT molecular complexity index is 8460. The lowest BCUT2D eigenvalue weighted by atomic mass is 9.91. The molecule has 7 heterocycles. The Hall–Kier alpha value is -16.9. The quantitative estimate of drug-likeness (QED) is 0.125. The highest BCUT2D eigenvalue weighted by molar-refractivity contribution is 6.18. The normalized spacial score (nSPS) is 11.5. The van der Waals surface area contributed by atoms with Gasteiger partial charge in [-0.3, -0.25) is 4.98 Å². The van der Waals surface area contributed by atoms with E-state index < -0.39 is 0 Å². The van der Waals surface area contributed by atoms with Crippen molar-refractivity contribution in [2.45, 2.75) is 0 Å². The Morgan fingerprint density at radius 2 is 0.560 bits per heavy atom. The zero-order valence-corrected chi connectivity index (χ0v) is 67.5. The number of hydrogen-bond donors (Lipinski definition) is 0. The smallest absolute Gasteiger partial charge is 0.160 e. The number of fused-ring (bicyclic) bond motifs is 14. The predicted octanol–water partition coefficient (Wildman–Crippen LogP) is 31.2. The van der Waals surface area contributed by atoms with Crippen LogP contribution in [0.15, 0.2) is 450 Å². The average molecular weight is 1600 g/mol. The minimum atomic E-state index is 0.727. The molecule has 0 fully saturated rings. The lowest BCUT2D eigenvalue weighted by Gasteiger charge is -2.14. The highest BCUT2D eigenvalue weighted by atomic mass is 16.3. The molecule has 25 rings (SSSR count). The molecule has 0 amide bonds. The second kappa shape index (κ2) is 31.4. The van der Waals surface area contributed by atoms with Crippen molar-refractivity contribution >= 4 is 120 Å². The summed E-state index contributed by atoms with van der Waals surface area (Å²) in [4.78, 5) is 30.1. The van der Waals surface area contributed by atoms with Gasteiger partial charge in [0.15, 0.2) is 11.6 Å². The molecule has 0 radical (unpaired) electrons. The average Bonchev–Trinajstić information content (AvgIpc) is 1.72. The number of furan rings is 3. The van der Waals surface area contributed by atoms with E-state index in [2.05, 4.69) is 315 Å². The number of rotatable bonds is 11. The summed E-state index contributed by atoms with van der Waals surface area (Å²) in [5.74, 6) is 1.46. The Labute approximate surface area is 718 Å². The highest BCUT2D eigenvalue weighted by Gasteiger charge is 2.22. The summed E-state index contributed by atoms with van der Waals surface area (Å²) < 4.78 is 18.5. The Balaban J connectivity index is 0.000000108. The Morgan fingerprint density at radius 1 is 0.168 bits per heavy atom. The molecule has 0 atom stereocenters. The van der Waals surface area contributed by atoms with Gasteiger partial charge in [-0.15, -0.1) is 0 Å². The number of pyridine rings is 2. The third-order valence-corrected chi connectivity index (χ3v) is 23.9. The van der Waals surface area contributed by atoms with Crippen molar-refractivity contribution in [1.29, 1.82) is 0 Å². The van der Waals surface area contributed by atoms with Crippen molar-refractivity contribution in [2.75, 3.05) is 0 Å². The third-order valence-electron chi connectivity index (χ3n) is 23.9. The fraction of sp³-hybridized carbons (Fsp3) is 0. The summed E-state index contributed by atoms with van der Waals surface area (Å²) >= 11 is 0. The first-order valence-corrected chi connectivity index (χ1v) is 42.0. The molecular weight excluding hydrogens is 1530 g/mol. The second-order valence-corrected chi connectivity index (χ2v) is 31.4. The molecule has 0 unspecified atom stereocenters. The van der Waals surface area contributed by atoms with Crippen LogP contribution in [0.2, 0.25) is 0 Å². The van der Waals surface area contributed by atoms with E-state index in [-0.39, 0.29) is 0 Å². The summed E-state index contributed by atoms with van der Waals surface area (Å²) in [5.41, 5.74) is 29.8. The van der Waals surface area contributed by atoms with Crippen molar-refractivity contribution in [3.63, 3.8) is 0 Å². The lowest BCUT2D eigenvalue weighted by molar-refractivity contribution is 0.668. The maximum atomic E-state index is 6.23. The molecule has 7 aromatic heterocycles. The second-order valence-electron chi connectivity index (χ2n) is 31.4. The van der Waals surface area contributed by atoms with Gasteiger partial charge in [0, 0.05) is 88.1 Å². The summed E-state index contributed by atoms with van der Waals surface area (Å²) in [6.45, 7) is 0. The van der Waals surface area contributed by atoms with Crippen molar-refractivity contribution in [3.8, 4) is 123 Å². The van der Waals surface area contributed by atoms with Gasteiger partial charge < -0.3 is 13.3 Å².